The molecule has 0 spiro atoms. The van der Waals surface area contributed by atoms with Gasteiger partial charge in [0.1, 0.15) is 0 Å². The molecule has 0 amide bonds. The van der Waals surface area contributed by atoms with Crippen molar-refractivity contribution in [3.63, 3.8) is 0 Å². The number of H-pyrrole nitrogens is 1. The van der Waals surface area contributed by atoms with Gasteiger partial charge in [-0.25, -0.2) is 4.98 Å². The van der Waals surface area contributed by atoms with E-state index in [0.717, 1.165) is 39.1 Å². The summed E-state index contributed by atoms with van der Waals surface area (Å²) >= 11 is 0. The average Bonchev–Trinajstić information content (AvgIpc) is 2.85. The van der Waals surface area contributed by atoms with E-state index in [1.165, 1.54) is 0 Å². The maximum Gasteiger partial charge on any atom is 0.257 e. The fraction of sp³-hybridized carbons (Fsp3) is 0.0385. The number of benzene rings is 2. The van der Waals surface area contributed by atoms with Crippen LogP contribution in [0.1, 0.15) is 5.56 Å². The molecule has 0 aliphatic carbocycles. The normalized spacial score (nSPS) is 11.0. The highest BCUT2D eigenvalue weighted by molar-refractivity contribution is 5.98. The first-order valence-electron chi connectivity index (χ1n) is 10.1. The summed E-state index contributed by atoms with van der Waals surface area (Å²) in [5, 5.41) is 0.544. The van der Waals surface area contributed by atoms with Crippen LogP contribution >= 0.6 is 0 Å². The van der Waals surface area contributed by atoms with Crippen molar-refractivity contribution in [2.24, 2.45) is 5.73 Å². The van der Waals surface area contributed by atoms with Crippen LogP contribution in [0.4, 0.5) is 0 Å². The first kappa shape index (κ1) is 18.9. The molecule has 0 aliphatic rings. The average molecular weight is 404 g/mol. The van der Waals surface area contributed by atoms with E-state index in [9.17, 15) is 4.79 Å². The molecule has 2 aromatic carbocycles. The monoisotopic (exact) mass is 404 g/mol. The number of hydrogen-bond acceptors (Lipinski definition) is 4. The minimum Gasteiger partial charge on any atom is -0.328 e. The molecule has 0 bridgehead atoms. The van der Waals surface area contributed by atoms with Crippen LogP contribution < -0.4 is 11.3 Å². The number of nitrogens with one attached hydrogen (secondary N) is 1. The number of pyridine rings is 3. The van der Waals surface area contributed by atoms with Gasteiger partial charge in [0.05, 0.1) is 16.6 Å². The van der Waals surface area contributed by atoms with E-state index in [0.29, 0.717) is 17.4 Å². The number of fused-ring (bicyclic) bond motifs is 1. The van der Waals surface area contributed by atoms with Gasteiger partial charge in [0.15, 0.2) is 0 Å². The van der Waals surface area contributed by atoms with Crippen LogP contribution in [-0.4, -0.2) is 15.0 Å². The SMILES string of the molecule is NCc1ccc(-c2nc3c(-c4cccnc4)c[nH]c(=O)c3cc2-c2ccccc2)cc1. The number of rotatable bonds is 4. The third-order valence-corrected chi connectivity index (χ3v) is 5.39. The van der Waals surface area contributed by atoms with Crippen molar-refractivity contribution in [1.82, 2.24) is 15.0 Å². The lowest BCUT2D eigenvalue weighted by molar-refractivity contribution is 1.07. The maximum absolute atomic E-state index is 12.8. The number of aromatic amines is 1. The predicted octanol–water partition coefficient (Wildman–Crippen LogP) is 4.78. The number of aromatic nitrogens is 3. The zero-order valence-corrected chi connectivity index (χ0v) is 16.7. The molecule has 0 aliphatic heterocycles. The van der Waals surface area contributed by atoms with Crippen LogP contribution in [-0.2, 0) is 6.54 Å². The van der Waals surface area contributed by atoms with Crippen molar-refractivity contribution in [3.05, 3.63) is 107 Å². The summed E-state index contributed by atoms with van der Waals surface area (Å²) in [6.07, 6.45) is 5.20. The van der Waals surface area contributed by atoms with E-state index in [4.69, 9.17) is 10.7 Å². The van der Waals surface area contributed by atoms with E-state index in [2.05, 4.69) is 9.97 Å². The highest BCUT2D eigenvalue weighted by atomic mass is 16.1. The Morgan fingerprint density at radius 2 is 1.61 bits per heavy atom. The summed E-state index contributed by atoms with van der Waals surface area (Å²) in [4.78, 5) is 24.9. The van der Waals surface area contributed by atoms with Crippen molar-refractivity contribution in [3.8, 4) is 33.5 Å². The molecular formula is C26H20N4O. The van der Waals surface area contributed by atoms with Crippen LogP contribution in [0.2, 0.25) is 0 Å². The van der Waals surface area contributed by atoms with Gasteiger partial charge in [-0.05, 0) is 23.3 Å². The fourth-order valence-electron chi connectivity index (χ4n) is 3.77. The minimum atomic E-state index is -0.169. The standard InChI is InChI=1S/C26H20N4O/c27-14-17-8-10-19(11-9-17)24-21(18-5-2-1-3-6-18)13-22-25(30-24)23(16-29-26(22)31)20-7-4-12-28-15-20/h1-13,15-16H,14,27H2,(H,29,31). The maximum atomic E-state index is 12.8. The Kier molecular flexibility index (Phi) is 4.86. The first-order valence-corrected chi connectivity index (χ1v) is 10.1. The van der Waals surface area contributed by atoms with E-state index < -0.39 is 0 Å². The third kappa shape index (κ3) is 3.52. The molecule has 3 N–H and O–H groups in total. The molecule has 0 saturated carbocycles. The van der Waals surface area contributed by atoms with E-state index in [1.54, 1.807) is 18.6 Å². The van der Waals surface area contributed by atoms with Crippen molar-refractivity contribution >= 4 is 10.9 Å². The topological polar surface area (TPSA) is 84.7 Å². The third-order valence-electron chi connectivity index (χ3n) is 5.39. The molecule has 3 aromatic heterocycles. The fourth-order valence-corrected chi connectivity index (χ4v) is 3.77. The second-order valence-electron chi connectivity index (χ2n) is 7.32. The van der Waals surface area contributed by atoms with Crippen LogP contribution in [0.3, 0.4) is 0 Å². The van der Waals surface area contributed by atoms with Gasteiger partial charge in [-0.3, -0.25) is 9.78 Å². The van der Waals surface area contributed by atoms with Crippen molar-refractivity contribution in [2.75, 3.05) is 0 Å². The molecule has 5 aromatic rings. The second kappa shape index (κ2) is 7.97. The Labute approximate surface area is 179 Å². The predicted molar refractivity (Wildman–Crippen MR) is 124 cm³/mol. The smallest absolute Gasteiger partial charge is 0.257 e. The zero-order chi connectivity index (χ0) is 21.2. The molecule has 0 fully saturated rings. The molecule has 5 heteroatoms. The summed E-state index contributed by atoms with van der Waals surface area (Å²) in [5.41, 5.74) is 12.7. The van der Waals surface area contributed by atoms with Gasteiger partial charge >= 0.3 is 0 Å². The van der Waals surface area contributed by atoms with Gasteiger partial charge in [0.2, 0.25) is 0 Å². The van der Waals surface area contributed by atoms with Gasteiger partial charge in [0, 0.05) is 47.4 Å². The summed E-state index contributed by atoms with van der Waals surface area (Å²) in [5.74, 6) is 0. The molecule has 3 heterocycles. The lowest BCUT2D eigenvalue weighted by Crippen LogP contribution is -2.08. The molecule has 150 valence electrons. The highest BCUT2D eigenvalue weighted by Gasteiger charge is 2.16. The zero-order valence-electron chi connectivity index (χ0n) is 16.7. The molecule has 0 saturated heterocycles. The van der Waals surface area contributed by atoms with Gasteiger partial charge in [-0.15, -0.1) is 0 Å². The number of nitrogens with zero attached hydrogens (tertiary/aromatic N) is 2. The Balaban J connectivity index is 1.84. The van der Waals surface area contributed by atoms with Crippen LogP contribution in [0.5, 0.6) is 0 Å². The molecule has 5 rings (SSSR count). The second-order valence-corrected chi connectivity index (χ2v) is 7.32. The molecule has 0 unspecified atom stereocenters. The quantitative estimate of drug-likeness (QED) is 0.452. The van der Waals surface area contributed by atoms with E-state index in [1.807, 2.05) is 72.8 Å². The van der Waals surface area contributed by atoms with Crippen LogP contribution in [0.25, 0.3) is 44.4 Å². The summed E-state index contributed by atoms with van der Waals surface area (Å²) < 4.78 is 0. The van der Waals surface area contributed by atoms with Crippen LogP contribution in [0, 0.1) is 0 Å². The lowest BCUT2D eigenvalue weighted by atomic mass is 9.96. The molecular weight excluding hydrogens is 384 g/mol. The molecule has 0 radical (unpaired) electrons. The number of hydrogen-bond donors (Lipinski definition) is 2. The number of nitrogens with two attached hydrogens (primary N) is 1. The Hall–Kier alpha value is -4.09. The van der Waals surface area contributed by atoms with E-state index >= 15 is 0 Å². The van der Waals surface area contributed by atoms with Crippen molar-refractivity contribution in [2.45, 2.75) is 6.54 Å². The summed E-state index contributed by atoms with van der Waals surface area (Å²) in [6, 6.07) is 23.8. The van der Waals surface area contributed by atoms with Gasteiger partial charge in [-0.1, -0.05) is 60.7 Å². The molecule has 31 heavy (non-hydrogen) atoms. The van der Waals surface area contributed by atoms with Crippen LogP contribution in [0.15, 0.2) is 96.2 Å². The van der Waals surface area contributed by atoms with Gasteiger partial charge in [-0.2, -0.15) is 0 Å². The first-order chi connectivity index (χ1) is 15.2. The Morgan fingerprint density at radius 1 is 0.839 bits per heavy atom. The highest BCUT2D eigenvalue weighted by Crippen LogP contribution is 2.35. The molecule has 5 nitrogen and oxygen atoms in total. The summed E-state index contributed by atoms with van der Waals surface area (Å²) in [6.45, 7) is 0.484. The van der Waals surface area contributed by atoms with E-state index in [-0.39, 0.29) is 5.56 Å². The molecule has 0 atom stereocenters. The van der Waals surface area contributed by atoms with Crippen molar-refractivity contribution < 1.29 is 0 Å². The van der Waals surface area contributed by atoms with Gasteiger partial charge in [0.25, 0.3) is 5.56 Å². The largest absolute Gasteiger partial charge is 0.328 e. The lowest BCUT2D eigenvalue weighted by Gasteiger charge is -2.14. The van der Waals surface area contributed by atoms with Gasteiger partial charge < -0.3 is 10.7 Å². The Morgan fingerprint density at radius 3 is 2.32 bits per heavy atom. The summed E-state index contributed by atoms with van der Waals surface area (Å²) in [7, 11) is 0. The minimum absolute atomic E-state index is 0.169. The Bertz CT molecular complexity index is 1410. The van der Waals surface area contributed by atoms with Crippen molar-refractivity contribution in [1.29, 1.82) is 0 Å².